The van der Waals surface area contributed by atoms with Gasteiger partial charge in [0, 0.05) is 54.3 Å². The predicted octanol–water partition coefficient (Wildman–Crippen LogP) is 7.22. The Morgan fingerprint density at radius 2 is 1.08 bits per heavy atom. The zero-order valence-corrected chi connectivity index (χ0v) is 35.1. The molecule has 11 nitrogen and oxygen atoms in total. The van der Waals surface area contributed by atoms with Crippen LogP contribution < -0.4 is 11.1 Å². The summed E-state index contributed by atoms with van der Waals surface area (Å²) >= 11 is 0. The van der Waals surface area contributed by atoms with Gasteiger partial charge in [-0.05, 0) is 158 Å². The molecule has 4 aromatic carbocycles. The molecule has 2 saturated heterocycles. The fourth-order valence-electron chi connectivity index (χ4n) is 12.3. The highest BCUT2D eigenvalue weighted by Gasteiger charge is 2.57. The summed E-state index contributed by atoms with van der Waals surface area (Å²) in [5, 5.41) is 22.9. The highest BCUT2D eigenvalue weighted by molar-refractivity contribution is 7.89. The molecule has 1 amide bonds. The number of sulfonamides is 2. The van der Waals surface area contributed by atoms with Crippen LogP contribution in [-0.4, -0.2) is 66.7 Å². The maximum absolute atomic E-state index is 13.7. The van der Waals surface area contributed by atoms with Crippen LogP contribution in [0.3, 0.4) is 0 Å². The maximum Gasteiger partial charge on any atom is 0.243 e. The summed E-state index contributed by atoms with van der Waals surface area (Å²) in [7, 11) is -7.22. The standard InChI is InChI=1S/C24H28N2O4S.C22H26N2O3S/c1-16(27)25-18-6-9-20(10-7-18)31(29,30)26-13-12-24-11-3-2-4-21(24)23(26)14-17-5-8-19(28)15-22(17)24;23-16-5-8-18(9-6-16)28(26,27)24-12-11-22-10-2-1-3-19(22)21(24)13-15-4-7-17(25)14-20(15)22/h5-10,15,21,23,28H,2-4,11-14H2,1H3,(H,25,27);4-9,14,19,21,25H,1-3,10-13,23H2/t21-,23+,24+;19-,21+,22+/m11/s1. The molecule has 4 aliphatic carbocycles. The smallest absolute Gasteiger partial charge is 0.243 e. The van der Waals surface area contributed by atoms with E-state index in [1.54, 1.807) is 69.3 Å². The molecule has 4 aromatic rings. The Hall–Kier alpha value is -4.43. The second-order valence-electron chi connectivity index (χ2n) is 17.7. The van der Waals surface area contributed by atoms with Gasteiger partial charge in [0.2, 0.25) is 26.0 Å². The molecule has 10 rings (SSSR count). The number of hydrogen-bond acceptors (Lipinski definition) is 8. The predicted molar refractivity (Wildman–Crippen MR) is 227 cm³/mol. The molecule has 0 spiro atoms. The molecule has 2 heterocycles. The van der Waals surface area contributed by atoms with Crippen LogP contribution in [0.4, 0.5) is 11.4 Å². The molecule has 0 aromatic heterocycles. The van der Waals surface area contributed by atoms with Crippen molar-refractivity contribution in [2.24, 2.45) is 11.8 Å². The number of carbonyl (C=O) groups is 1. The summed E-state index contributed by atoms with van der Waals surface area (Å²) in [5.41, 5.74) is 11.7. The van der Waals surface area contributed by atoms with Gasteiger partial charge in [0.05, 0.1) is 9.79 Å². The number of hydrogen-bond donors (Lipinski definition) is 4. The number of anilines is 2. The average molecular weight is 839 g/mol. The number of piperidine rings is 2. The normalized spacial score (nSPS) is 28.7. The number of phenolic OH excluding ortho intramolecular Hbond substituents is 2. The van der Waals surface area contributed by atoms with Gasteiger partial charge in [-0.25, -0.2) is 16.8 Å². The zero-order valence-electron chi connectivity index (χ0n) is 33.5. The molecule has 13 heteroatoms. The monoisotopic (exact) mass is 838 g/mol. The fraction of sp³-hybridized carbons (Fsp3) is 0.457. The van der Waals surface area contributed by atoms with E-state index in [1.165, 1.54) is 35.6 Å². The van der Waals surface area contributed by atoms with E-state index in [2.05, 4.69) is 5.32 Å². The lowest BCUT2D eigenvalue weighted by Gasteiger charge is -2.58. The number of benzene rings is 4. The highest BCUT2D eigenvalue weighted by atomic mass is 32.2. The second-order valence-corrected chi connectivity index (χ2v) is 21.5. The molecule has 2 saturated carbocycles. The Morgan fingerprint density at radius 1 is 0.644 bits per heavy atom. The van der Waals surface area contributed by atoms with Crippen LogP contribution in [0.15, 0.2) is 94.7 Å². The first-order valence-corrected chi connectivity index (χ1v) is 24.0. The number of carbonyl (C=O) groups excluding carboxylic acids is 1. The number of nitrogens with zero attached hydrogens (tertiary/aromatic N) is 2. The first-order chi connectivity index (χ1) is 28.2. The van der Waals surface area contributed by atoms with Crippen LogP contribution >= 0.6 is 0 Å². The van der Waals surface area contributed by atoms with Gasteiger partial charge < -0.3 is 21.3 Å². The second kappa shape index (κ2) is 14.9. The van der Waals surface area contributed by atoms with E-state index in [4.69, 9.17) is 5.73 Å². The molecule has 2 aliphatic heterocycles. The van der Waals surface area contributed by atoms with E-state index in [-0.39, 0.29) is 39.6 Å². The van der Waals surface area contributed by atoms with Crippen LogP contribution in [0.5, 0.6) is 11.5 Å². The minimum atomic E-state index is -3.65. The van der Waals surface area contributed by atoms with E-state index < -0.39 is 20.0 Å². The summed E-state index contributed by atoms with van der Waals surface area (Å²) in [5.74, 6) is 1.01. The van der Waals surface area contributed by atoms with Gasteiger partial charge in [-0.1, -0.05) is 37.8 Å². The van der Waals surface area contributed by atoms with Gasteiger partial charge in [-0.15, -0.1) is 0 Å². The van der Waals surface area contributed by atoms with E-state index in [0.717, 1.165) is 64.2 Å². The van der Waals surface area contributed by atoms with Gasteiger partial charge in [-0.3, -0.25) is 4.79 Å². The van der Waals surface area contributed by atoms with Crippen molar-refractivity contribution in [3.63, 3.8) is 0 Å². The highest BCUT2D eigenvalue weighted by Crippen LogP contribution is 2.58. The van der Waals surface area contributed by atoms with Gasteiger partial charge >= 0.3 is 0 Å². The first-order valence-electron chi connectivity index (χ1n) is 21.1. The Labute approximate surface area is 347 Å². The minimum absolute atomic E-state index is 0.00236. The maximum atomic E-state index is 13.7. The van der Waals surface area contributed by atoms with Crippen LogP contribution in [0.2, 0.25) is 0 Å². The van der Waals surface area contributed by atoms with Crippen LogP contribution in [0.25, 0.3) is 0 Å². The van der Waals surface area contributed by atoms with Gasteiger partial charge in [0.1, 0.15) is 11.5 Å². The first kappa shape index (κ1) is 40.0. The van der Waals surface area contributed by atoms with Crippen molar-refractivity contribution < 1.29 is 31.8 Å². The topological polar surface area (TPSA) is 170 Å². The van der Waals surface area contributed by atoms with Crippen LogP contribution in [-0.2, 0) is 48.5 Å². The fourth-order valence-corrected chi connectivity index (χ4v) is 15.7. The largest absolute Gasteiger partial charge is 0.508 e. The molecule has 4 fully saturated rings. The van der Waals surface area contributed by atoms with Crippen molar-refractivity contribution in [3.8, 4) is 11.5 Å². The third-order valence-electron chi connectivity index (χ3n) is 14.8. The number of aromatic hydroxyl groups is 2. The number of nitrogen functional groups attached to an aromatic ring is 1. The molecule has 312 valence electrons. The summed E-state index contributed by atoms with van der Waals surface area (Å²) in [6.07, 6.45) is 11.8. The lowest BCUT2D eigenvalue weighted by atomic mass is 9.53. The lowest BCUT2D eigenvalue weighted by molar-refractivity contribution is -0.114. The summed E-state index contributed by atoms with van der Waals surface area (Å²) in [4.78, 5) is 11.8. The average Bonchev–Trinajstić information content (AvgIpc) is 3.21. The van der Waals surface area contributed by atoms with Crippen molar-refractivity contribution >= 4 is 37.3 Å². The van der Waals surface area contributed by atoms with Crippen molar-refractivity contribution in [1.82, 2.24) is 8.61 Å². The third-order valence-corrected chi connectivity index (χ3v) is 18.7. The SMILES string of the molecule is CC(=O)Nc1ccc(S(=O)(=O)N2CC[C@@]34CCCC[C@@H]3[C@@H]2Cc2ccc(O)cc24)cc1.Nc1ccc(S(=O)(=O)N2CC[C@@]34CCCC[C@@H]3[C@@H]2Cc2ccc(O)cc24)cc1. The molecular weight excluding hydrogens is 785 g/mol. The number of fused-ring (bicyclic) bond motifs is 2. The van der Waals surface area contributed by atoms with Crippen molar-refractivity contribution in [2.75, 3.05) is 24.1 Å². The van der Waals surface area contributed by atoms with E-state index in [0.29, 0.717) is 53.2 Å². The Balaban J connectivity index is 0.000000153. The third kappa shape index (κ3) is 6.72. The molecule has 0 unspecified atom stereocenters. The molecule has 4 bridgehead atoms. The van der Waals surface area contributed by atoms with Crippen molar-refractivity contribution in [3.05, 3.63) is 107 Å². The van der Waals surface area contributed by atoms with E-state index in [1.807, 2.05) is 24.3 Å². The Morgan fingerprint density at radius 3 is 1.53 bits per heavy atom. The van der Waals surface area contributed by atoms with E-state index >= 15 is 0 Å². The summed E-state index contributed by atoms with van der Waals surface area (Å²) in [6.45, 7) is 2.45. The molecule has 6 atom stereocenters. The van der Waals surface area contributed by atoms with Crippen molar-refractivity contribution in [1.29, 1.82) is 0 Å². The quantitative estimate of drug-likeness (QED) is 0.153. The molecule has 6 aliphatic rings. The van der Waals surface area contributed by atoms with Gasteiger partial charge in [0.25, 0.3) is 0 Å². The van der Waals surface area contributed by atoms with Crippen molar-refractivity contribution in [2.45, 2.75) is 117 Å². The lowest BCUT2D eigenvalue weighted by Crippen LogP contribution is -2.62. The Kier molecular flexibility index (Phi) is 10.1. The molecule has 5 N–H and O–H groups in total. The van der Waals surface area contributed by atoms with E-state index in [9.17, 15) is 31.8 Å². The minimum Gasteiger partial charge on any atom is -0.508 e. The molecule has 59 heavy (non-hydrogen) atoms. The van der Waals surface area contributed by atoms with Crippen LogP contribution in [0.1, 0.15) is 93.4 Å². The van der Waals surface area contributed by atoms with Gasteiger partial charge in [0.15, 0.2) is 0 Å². The number of phenols is 2. The zero-order chi connectivity index (χ0) is 41.3. The Bertz CT molecular complexity index is 2490. The summed E-state index contributed by atoms with van der Waals surface area (Å²) in [6, 6.07) is 24.2. The number of rotatable bonds is 5. The van der Waals surface area contributed by atoms with Gasteiger partial charge in [-0.2, -0.15) is 8.61 Å². The number of nitrogens with one attached hydrogen (secondary N) is 1. The van der Waals surface area contributed by atoms with Crippen LogP contribution in [0, 0.1) is 11.8 Å². The number of amides is 1. The molecule has 0 radical (unpaired) electrons. The molecular formula is C46H54N4O7S2. The summed E-state index contributed by atoms with van der Waals surface area (Å²) < 4.78 is 57.8. The number of nitrogens with two attached hydrogens (primary N) is 1.